The zero-order valence-electron chi connectivity index (χ0n) is 9.39. The molecule has 0 bridgehead atoms. The molecule has 2 aromatic rings. The first-order chi connectivity index (χ1) is 8.24. The molecule has 0 amide bonds. The van der Waals surface area contributed by atoms with Crippen LogP contribution in [0.4, 0.5) is 15.8 Å². The van der Waals surface area contributed by atoms with Crippen LogP contribution in [0.25, 0.3) is 0 Å². The molecule has 0 spiro atoms. The van der Waals surface area contributed by atoms with E-state index in [-0.39, 0.29) is 5.82 Å². The van der Waals surface area contributed by atoms with Crippen LogP contribution in [0.1, 0.15) is 5.56 Å². The zero-order valence-corrected chi connectivity index (χ0v) is 9.39. The molecular formula is C13H12FN3. The summed E-state index contributed by atoms with van der Waals surface area (Å²) in [7, 11) is 0. The molecule has 0 atom stereocenters. The molecule has 2 rings (SSSR count). The van der Waals surface area contributed by atoms with Crippen molar-refractivity contribution in [2.75, 3.05) is 5.43 Å². The van der Waals surface area contributed by atoms with Gasteiger partial charge >= 0.3 is 0 Å². The van der Waals surface area contributed by atoms with E-state index in [1.807, 2.05) is 31.2 Å². The van der Waals surface area contributed by atoms with Gasteiger partial charge in [-0.25, -0.2) is 4.39 Å². The van der Waals surface area contributed by atoms with Crippen molar-refractivity contribution in [2.24, 2.45) is 10.3 Å². The van der Waals surface area contributed by atoms with Gasteiger partial charge in [0.05, 0.1) is 11.4 Å². The van der Waals surface area contributed by atoms with Crippen molar-refractivity contribution in [3.05, 3.63) is 59.9 Å². The van der Waals surface area contributed by atoms with Gasteiger partial charge < -0.3 is 0 Å². The number of nitrogens with one attached hydrogen (secondary N) is 1. The number of hydrogen-bond donors (Lipinski definition) is 1. The Kier molecular flexibility index (Phi) is 3.45. The summed E-state index contributed by atoms with van der Waals surface area (Å²) in [5, 5.41) is 7.81. The Bertz CT molecular complexity index is 503. The summed E-state index contributed by atoms with van der Waals surface area (Å²) in [5.74, 6) is -0.272. The number of anilines is 1. The predicted octanol–water partition coefficient (Wildman–Crippen LogP) is 4.24. The van der Waals surface area contributed by atoms with Gasteiger partial charge in [-0.05, 0) is 43.3 Å². The van der Waals surface area contributed by atoms with Crippen LogP contribution in [-0.2, 0) is 0 Å². The Balaban J connectivity index is 1.97. The lowest BCUT2D eigenvalue weighted by atomic mass is 10.2. The SMILES string of the molecule is Cc1ccc(N=NNc2ccc(F)cc2)cc1. The lowest BCUT2D eigenvalue weighted by Gasteiger charge is -1.98. The second-order valence-electron chi connectivity index (χ2n) is 3.65. The fourth-order valence-corrected chi connectivity index (χ4v) is 1.28. The van der Waals surface area contributed by atoms with Crippen LogP contribution >= 0.6 is 0 Å². The second kappa shape index (κ2) is 5.21. The fraction of sp³-hybridized carbons (Fsp3) is 0.0769. The molecule has 0 aromatic heterocycles. The van der Waals surface area contributed by atoms with Gasteiger partial charge in [-0.2, -0.15) is 0 Å². The number of halogens is 1. The maximum Gasteiger partial charge on any atom is 0.123 e. The Hall–Kier alpha value is -2.23. The topological polar surface area (TPSA) is 36.8 Å². The van der Waals surface area contributed by atoms with E-state index in [2.05, 4.69) is 15.8 Å². The monoisotopic (exact) mass is 229 g/mol. The van der Waals surface area contributed by atoms with E-state index in [4.69, 9.17) is 0 Å². The highest BCUT2D eigenvalue weighted by Crippen LogP contribution is 2.14. The molecule has 17 heavy (non-hydrogen) atoms. The van der Waals surface area contributed by atoms with Gasteiger partial charge in [0.1, 0.15) is 5.82 Å². The largest absolute Gasteiger partial charge is 0.260 e. The lowest BCUT2D eigenvalue weighted by molar-refractivity contribution is 0.628. The fourth-order valence-electron chi connectivity index (χ4n) is 1.28. The van der Waals surface area contributed by atoms with E-state index in [1.54, 1.807) is 12.1 Å². The highest BCUT2D eigenvalue weighted by molar-refractivity contribution is 5.42. The average Bonchev–Trinajstić information content (AvgIpc) is 2.34. The third-order valence-corrected chi connectivity index (χ3v) is 2.22. The maximum absolute atomic E-state index is 12.6. The summed E-state index contributed by atoms with van der Waals surface area (Å²) in [4.78, 5) is 0. The summed E-state index contributed by atoms with van der Waals surface area (Å²) in [6.07, 6.45) is 0. The van der Waals surface area contributed by atoms with Gasteiger partial charge in [0.25, 0.3) is 0 Å². The molecule has 0 saturated heterocycles. The van der Waals surface area contributed by atoms with Crippen LogP contribution in [0.2, 0.25) is 0 Å². The van der Waals surface area contributed by atoms with Gasteiger partial charge in [-0.15, -0.1) is 5.11 Å². The van der Waals surface area contributed by atoms with Crippen LogP contribution in [0, 0.1) is 12.7 Å². The number of aryl methyl sites for hydroxylation is 1. The standard InChI is InChI=1S/C13H12FN3/c1-10-2-6-12(7-3-10)15-17-16-13-8-4-11(14)5-9-13/h2-9H,1H3,(H,15,16). The molecule has 0 aliphatic carbocycles. The predicted molar refractivity (Wildman–Crippen MR) is 65.7 cm³/mol. The molecule has 0 aliphatic rings. The molecule has 0 radical (unpaired) electrons. The summed E-state index contributed by atoms with van der Waals surface area (Å²) in [6, 6.07) is 13.6. The van der Waals surface area contributed by atoms with Gasteiger partial charge in [-0.1, -0.05) is 22.9 Å². The Morgan fingerprint density at radius 3 is 2.24 bits per heavy atom. The van der Waals surface area contributed by atoms with Gasteiger partial charge in [0.15, 0.2) is 0 Å². The van der Waals surface area contributed by atoms with E-state index < -0.39 is 0 Å². The number of rotatable bonds is 3. The third-order valence-electron chi connectivity index (χ3n) is 2.22. The lowest BCUT2D eigenvalue weighted by Crippen LogP contribution is -1.86. The van der Waals surface area contributed by atoms with Crippen LogP contribution < -0.4 is 5.43 Å². The average molecular weight is 229 g/mol. The highest BCUT2D eigenvalue weighted by atomic mass is 19.1. The summed E-state index contributed by atoms with van der Waals surface area (Å²) < 4.78 is 12.6. The molecule has 86 valence electrons. The molecule has 4 heteroatoms. The van der Waals surface area contributed by atoms with Crippen LogP contribution in [0.5, 0.6) is 0 Å². The first-order valence-corrected chi connectivity index (χ1v) is 5.23. The quantitative estimate of drug-likeness (QED) is 0.620. The summed E-state index contributed by atoms with van der Waals surface area (Å²) in [6.45, 7) is 2.01. The maximum atomic E-state index is 12.6. The smallest absolute Gasteiger partial charge is 0.123 e. The van der Waals surface area contributed by atoms with Crippen LogP contribution in [0.3, 0.4) is 0 Å². The van der Waals surface area contributed by atoms with Crippen molar-refractivity contribution in [1.82, 2.24) is 0 Å². The summed E-state index contributed by atoms with van der Waals surface area (Å²) in [5.41, 5.74) is 5.37. The van der Waals surface area contributed by atoms with E-state index in [1.165, 1.54) is 17.7 Å². The molecular weight excluding hydrogens is 217 g/mol. The van der Waals surface area contributed by atoms with Gasteiger partial charge in [0.2, 0.25) is 0 Å². The van der Waals surface area contributed by atoms with Crippen molar-refractivity contribution in [1.29, 1.82) is 0 Å². The molecule has 0 fully saturated rings. The minimum absolute atomic E-state index is 0.272. The number of nitrogens with zero attached hydrogens (tertiary/aromatic N) is 2. The first-order valence-electron chi connectivity index (χ1n) is 5.23. The first kappa shape index (κ1) is 11.3. The molecule has 0 heterocycles. The van der Waals surface area contributed by atoms with Crippen molar-refractivity contribution < 1.29 is 4.39 Å². The van der Waals surface area contributed by atoms with Crippen molar-refractivity contribution in [3.63, 3.8) is 0 Å². The van der Waals surface area contributed by atoms with E-state index >= 15 is 0 Å². The third kappa shape index (κ3) is 3.38. The van der Waals surface area contributed by atoms with Crippen molar-refractivity contribution >= 4 is 11.4 Å². The highest BCUT2D eigenvalue weighted by Gasteiger charge is 1.91. The normalized spacial score (nSPS) is 10.7. The van der Waals surface area contributed by atoms with Gasteiger partial charge in [-0.3, -0.25) is 5.43 Å². The molecule has 0 saturated carbocycles. The van der Waals surface area contributed by atoms with Gasteiger partial charge in [0, 0.05) is 0 Å². The van der Waals surface area contributed by atoms with E-state index in [9.17, 15) is 4.39 Å². The molecule has 3 nitrogen and oxygen atoms in total. The molecule has 1 N–H and O–H groups in total. The Morgan fingerprint density at radius 1 is 0.941 bits per heavy atom. The number of benzene rings is 2. The molecule has 0 unspecified atom stereocenters. The van der Waals surface area contributed by atoms with Crippen molar-refractivity contribution in [2.45, 2.75) is 6.92 Å². The van der Waals surface area contributed by atoms with Crippen LogP contribution in [0.15, 0.2) is 58.9 Å². The van der Waals surface area contributed by atoms with Crippen LogP contribution in [-0.4, -0.2) is 0 Å². The minimum Gasteiger partial charge on any atom is -0.260 e. The minimum atomic E-state index is -0.272. The van der Waals surface area contributed by atoms with E-state index in [0.717, 1.165) is 5.69 Å². The van der Waals surface area contributed by atoms with Crippen molar-refractivity contribution in [3.8, 4) is 0 Å². The molecule has 2 aromatic carbocycles. The van der Waals surface area contributed by atoms with E-state index in [0.29, 0.717) is 5.69 Å². The summed E-state index contributed by atoms with van der Waals surface area (Å²) >= 11 is 0. The Labute approximate surface area is 99.0 Å². The number of hydrogen-bond acceptors (Lipinski definition) is 2. The molecule has 0 aliphatic heterocycles. The Morgan fingerprint density at radius 2 is 1.59 bits per heavy atom. The second-order valence-corrected chi connectivity index (χ2v) is 3.65. The zero-order chi connectivity index (χ0) is 12.1.